The van der Waals surface area contributed by atoms with Gasteiger partial charge in [0.05, 0.1) is 5.97 Å². The van der Waals surface area contributed by atoms with Crippen LogP contribution in [-0.4, -0.2) is 18.0 Å². The summed E-state index contributed by atoms with van der Waals surface area (Å²) in [5.74, 6) is -3.47. The first kappa shape index (κ1) is 13.2. The molecule has 0 aromatic heterocycles. The molecule has 0 amide bonds. The van der Waals surface area contributed by atoms with Crippen LogP contribution in [0.3, 0.4) is 0 Å². The zero-order chi connectivity index (χ0) is 12.8. The molecule has 0 spiro atoms. The fraction of sp³-hybridized carbons (Fsp3) is 0.333. The van der Waals surface area contributed by atoms with Crippen LogP contribution in [0.15, 0.2) is 30.3 Å². The van der Waals surface area contributed by atoms with Crippen LogP contribution >= 0.6 is 0 Å². The Labute approximate surface area is 98.9 Å². The monoisotopic (exact) mass is 236 g/mol. The number of carbonyl (C=O) groups is 2. The first-order valence-corrected chi connectivity index (χ1v) is 5.29. The number of aliphatic carboxylic acids is 2. The smallest absolute Gasteiger partial charge is 0.125 e. The van der Waals surface area contributed by atoms with Gasteiger partial charge in [-0.3, -0.25) is 0 Å². The molecule has 0 radical (unpaired) electrons. The summed E-state index contributed by atoms with van der Waals surface area (Å²) in [5, 5.41) is 21.4. The minimum absolute atomic E-state index is 0.0838. The molecule has 1 rings (SSSR count). The van der Waals surface area contributed by atoms with E-state index in [0.717, 1.165) is 5.56 Å². The molecule has 1 aromatic rings. The molecular formula is C12H14NO4-. The molecule has 2 atom stereocenters. The van der Waals surface area contributed by atoms with Gasteiger partial charge >= 0.3 is 0 Å². The number of carbonyl (C=O) groups excluding carboxylic acids is 2. The molecule has 3 N–H and O–H groups in total. The second kappa shape index (κ2) is 6.00. The Morgan fingerprint density at radius 3 is 2.18 bits per heavy atom. The van der Waals surface area contributed by atoms with E-state index in [4.69, 9.17) is 0 Å². The van der Waals surface area contributed by atoms with Gasteiger partial charge in [-0.15, -0.1) is 0 Å². The number of carboxylic acid groups (broad SMARTS) is 2. The average Bonchev–Trinajstić information content (AvgIpc) is 2.29. The lowest BCUT2D eigenvalue weighted by molar-refractivity contribution is -0.440. The molecule has 0 aliphatic rings. The molecule has 0 aliphatic carbocycles. The van der Waals surface area contributed by atoms with Crippen LogP contribution in [0, 0.1) is 5.92 Å². The summed E-state index contributed by atoms with van der Waals surface area (Å²) in [7, 11) is 0. The number of benzene rings is 1. The standard InChI is InChI=1S/C12H15NO4/c13-10(12(16)17)7-9(11(14)15)6-8-4-2-1-3-5-8/h1-5,9-10H,6-7,13H2,(H,14,15)(H,16,17)/p-1/t9-,10-/m0/s1. The summed E-state index contributed by atoms with van der Waals surface area (Å²) in [5.41, 5.74) is 4.17. The maximum Gasteiger partial charge on any atom is 0.125 e. The van der Waals surface area contributed by atoms with Gasteiger partial charge in [-0.05, 0) is 12.0 Å². The number of hydrogen-bond acceptors (Lipinski definition) is 4. The van der Waals surface area contributed by atoms with Gasteiger partial charge < -0.3 is 25.5 Å². The highest BCUT2D eigenvalue weighted by atomic mass is 16.4. The molecule has 1 aromatic carbocycles. The summed E-state index contributed by atoms with van der Waals surface area (Å²) in [4.78, 5) is 21.4. The predicted octanol–water partition coefficient (Wildman–Crippen LogP) is -2.65. The Hall–Kier alpha value is -1.88. The van der Waals surface area contributed by atoms with Crippen molar-refractivity contribution in [2.45, 2.75) is 18.9 Å². The van der Waals surface area contributed by atoms with Crippen LogP contribution in [0.1, 0.15) is 12.0 Å². The van der Waals surface area contributed by atoms with Crippen LogP contribution in [0.2, 0.25) is 0 Å². The van der Waals surface area contributed by atoms with Gasteiger partial charge in [-0.25, -0.2) is 0 Å². The zero-order valence-corrected chi connectivity index (χ0v) is 9.30. The average molecular weight is 236 g/mol. The quantitative estimate of drug-likeness (QED) is 0.581. The van der Waals surface area contributed by atoms with Gasteiger partial charge in [0.2, 0.25) is 0 Å². The van der Waals surface area contributed by atoms with Crippen LogP contribution in [0.5, 0.6) is 0 Å². The summed E-state index contributed by atoms with van der Waals surface area (Å²) < 4.78 is 0. The van der Waals surface area contributed by atoms with E-state index in [1.54, 1.807) is 24.3 Å². The lowest BCUT2D eigenvalue weighted by Gasteiger charge is -2.20. The van der Waals surface area contributed by atoms with Crippen molar-refractivity contribution in [2.24, 2.45) is 5.92 Å². The molecule has 0 unspecified atom stereocenters. The van der Waals surface area contributed by atoms with Crippen molar-refractivity contribution in [1.82, 2.24) is 0 Å². The minimum Gasteiger partial charge on any atom is -0.550 e. The van der Waals surface area contributed by atoms with E-state index in [1.165, 1.54) is 0 Å². The lowest BCUT2D eigenvalue weighted by atomic mass is 9.93. The third-order valence-corrected chi connectivity index (χ3v) is 2.56. The van der Waals surface area contributed by atoms with Crippen molar-refractivity contribution in [3.63, 3.8) is 0 Å². The third-order valence-electron chi connectivity index (χ3n) is 2.56. The van der Waals surface area contributed by atoms with Crippen LogP contribution < -0.4 is 15.9 Å². The zero-order valence-electron chi connectivity index (χ0n) is 9.30. The highest BCUT2D eigenvalue weighted by Crippen LogP contribution is 2.12. The lowest BCUT2D eigenvalue weighted by Crippen LogP contribution is -2.69. The molecule has 0 saturated carbocycles. The van der Waals surface area contributed by atoms with Crippen molar-refractivity contribution in [3.05, 3.63) is 35.9 Å². The molecule has 5 heteroatoms. The number of carboxylic acids is 2. The van der Waals surface area contributed by atoms with Gasteiger partial charge in [-0.1, -0.05) is 30.3 Å². The van der Waals surface area contributed by atoms with E-state index in [1.807, 2.05) is 6.07 Å². The van der Waals surface area contributed by atoms with E-state index >= 15 is 0 Å². The fourth-order valence-corrected chi connectivity index (χ4v) is 1.60. The topological polar surface area (TPSA) is 108 Å². The molecule has 0 heterocycles. The van der Waals surface area contributed by atoms with E-state index in [0.29, 0.717) is 0 Å². The van der Waals surface area contributed by atoms with E-state index in [2.05, 4.69) is 5.73 Å². The first-order chi connectivity index (χ1) is 8.00. The first-order valence-electron chi connectivity index (χ1n) is 5.29. The van der Waals surface area contributed by atoms with Crippen LogP contribution in [-0.2, 0) is 16.0 Å². The van der Waals surface area contributed by atoms with Crippen LogP contribution in [0.25, 0.3) is 0 Å². The molecule has 92 valence electrons. The van der Waals surface area contributed by atoms with Gasteiger partial charge in [0.15, 0.2) is 0 Å². The Bertz CT molecular complexity index is 391. The number of quaternary nitrogens is 1. The van der Waals surface area contributed by atoms with Crippen molar-refractivity contribution in [1.29, 1.82) is 0 Å². The maximum atomic E-state index is 10.9. The SMILES string of the molecule is [NH3+][C@@H](C[C@H](Cc1ccccc1)C(=O)[O-])C(=O)[O-]. The fourth-order valence-electron chi connectivity index (χ4n) is 1.60. The van der Waals surface area contributed by atoms with Crippen molar-refractivity contribution in [3.8, 4) is 0 Å². The molecule has 0 bridgehead atoms. The van der Waals surface area contributed by atoms with Crippen LogP contribution in [0.4, 0.5) is 0 Å². The normalized spacial score (nSPS) is 13.9. The van der Waals surface area contributed by atoms with Gasteiger partial charge in [-0.2, -0.15) is 0 Å². The Morgan fingerprint density at radius 2 is 1.71 bits per heavy atom. The Balaban J connectivity index is 2.67. The summed E-state index contributed by atoms with van der Waals surface area (Å²) in [6.07, 6.45) is 0.155. The van der Waals surface area contributed by atoms with Crippen molar-refractivity contribution in [2.75, 3.05) is 0 Å². The Morgan fingerprint density at radius 1 is 1.12 bits per heavy atom. The molecule has 0 saturated heterocycles. The summed E-state index contributed by atoms with van der Waals surface area (Å²) in [6.45, 7) is 0. The van der Waals surface area contributed by atoms with E-state index in [9.17, 15) is 19.8 Å². The maximum absolute atomic E-state index is 10.9. The molecule has 0 fully saturated rings. The number of hydrogen-bond donors (Lipinski definition) is 1. The second-order valence-electron chi connectivity index (χ2n) is 3.96. The van der Waals surface area contributed by atoms with Gasteiger partial charge in [0, 0.05) is 18.3 Å². The Kier molecular flexibility index (Phi) is 4.66. The van der Waals surface area contributed by atoms with Gasteiger partial charge in [0.1, 0.15) is 6.04 Å². The highest BCUT2D eigenvalue weighted by Gasteiger charge is 2.18. The molecule has 0 aliphatic heterocycles. The van der Waals surface area contributed by atoms with E-state index in [-0.39, 0.29) is 12.8 Å². The summed E-state index contributed by atoms with van der Waals surface area (Å²) in [6, 6.07) is 7.94. The highest BCUT2D eigenvalue weighted by molar-refractivity contribution is 5.72. The predicted molar refractivity (Wildman–Crippen MR) is 54.9 cm³/mol. The van der Waals surface area contributed by atoms with Crippen molar-refractivity contribution < 1.29 is 25.5 Å². The molecular weight excluding hydrogens is 222 g/mol. The second-order valence-corrected chi connectivity index (χ2v) is 3.96. The largest absolute Gasteiger partial charge is 0.550 e. The minimum atomic E-state index is -1.34. The van der Waals surface area contributed by atoms with E-state index < -0.39 is 23.9 Å². The third kappa shape index (κ3) is 4.24. The van der Waals surface area contributed by atoms with Crippen molar-refractivity contribution >= 4 is 11.9 Å². The molecule has 17 heavy (non-hydrogen) atoms. The molecule has 5 nitrogen and oxygen atoms in total. The number of rotatable bonds is 6. The van der Waals surface area contributed by atoms with Gasteiger partial charge in [0.25, 0.3) is 0 Å². The summed E-state index contributed by atoms with van der Waals surface area (Å²) >= 11 is 0.